The normalized spacial score (nSPS) is 15.4. The van der Waals surface area contributed by atoms with Crippen molar-refractivity contribution < 1.29 is 0 Å². The Labute approximate surface area is 121 Å². The molecule has 20 heavy (non-hydrogen) atoms. The first kappa shape index (κ1) is 11.9. The van der Waals surface area contributed by atoms with Gasteiger partial charge in [0.05, 0.1) is 0 Å². The fourth-order valence-corrected chi connectivity index (χ4v) is 3.45. The number of hydrogen-bond acceptors (Lipinski definition) is 4. The van der Waals surface area contributed by atoms with Gasteiger partial charge in [0.1, 0.15) is 5.03 Å². The van der Waals surface area contributed by atoms with Crippen LogP contribution in [-0.2, 0) is 0 Å². The third-order valence-corrected chi connectivity index (χ3v) is 4.87. The van der Waals surface area contributed by atoms with Crippen molar-refractivity contribution >= 4 is 17.4 Å². The number of aromatic nitrogens is 4. The zero-order chi connectivity index (χ0) is 13.4. The summed E-state index contributed by atoms with van der Waals surface area (Å²) in [6.45, 7) is 0. The third-order valence-electron chi connectivity index (χ3n) is 3.61. The lowest BCUT2D eigenvalue weighted by Gasteiger charge is -2.23. The minimum absolute atomic E-state index is 0.733. The Morgan fingerprint density at radius 1 is 1.00 bits per heavy atom. The molecule has 0 unspecified atom stereocenters. The quantitative estimate of drug-likeness (QED) is 0.738. The van der Waals surface area contributed by atoms with Crippen LogP contribution >= 0.6 is 11.8 Å². The highest BCUT2D eigenvalue weighted by atomic mass is 32.2. The molecule has 1 fully saturated rings. The van der Waals surface area contributed by atoms with Crippen LogP contribution < -0.4 is 0 Å². The fourth-order valence-electron chi connectivity index (χ4n) is 2.26. The molecule has 0 amide bonds. The van der Waals surface area contributed by atoms with Gasteiger partial charge in [0.2, 0.25) is 0 Å². The van der Waals surface area contributed by atoms with Gasteiger partial charge in [-0.25, -0.2) is 0 Å². The third kappa shape index (κ3) is 2.08. The molecule has 2 heterocycles. The highest BCUT2D eigenvalue weighted by Gasteiger charge is 2.19. The van der Waals surface area contributed by atoms with E-state index in [2.05, 4.69) is 15.3 Å². The van der Waals surface area contributed by atoms with E-state index >= 15 is 0 Å². The lowest BCUT2D eigenvalue weighted by molar-refractivity contribution is 0.521. The maximum Gasteiger partial charge on any atom is 0.185 e. The van der Waals surface area contributed by atoms with Crippen LogP contribution in [0.4, 0.5) is 0 Å². The smallest absolute Gasteiger partial charge is 0.185 e. The molecule has 0 N–H and O–H groups in total. The summed E-state index contributed by atoms with van der Waals surface area (Å²) in [5, 5.41) is 14.9. The number of nitrogens with zero attached hydrogens (tertiary/aromatic N) is 4. The Morgan fingerprint density at radius 3 is 2.60 bits per heavy atom. The molecule has 0 saturated heterocycles. The Balaban J connectivity index is 1.76. The van der Waals surface area contributed by atoms with Crippen LogP contribution in [0, 0.1) is 0 Å². The van der Waals surface area contributed by atoms with E-state index in [9.17, 15) is 0 Å². The number of hydrogen-bond donors (Lipinski definition) is 0. The van der Waals surface area contributed by atoms with Gasteiger partial charge in [-0.2, -0.15) is 9.61 Å². The summed E-state index contributed by atoms with van der Waals surface area (Å²) < 4.78 is 1.84. The molecule has 1 aliphatic rings. The van der Waals surface area contributed by atoms with E-state index in [4.69, 9.17) is 0 Å². The van der Waals surface area contributed by atoms with Crippen LogP contribution in [0.2, 0.25) is 0 Å². The Morgan fingerprint density at radius 2 is 1.85 bits per heavy atom. The van der Waals surface area contributed by atoms with E-state index < -0.39 is 0 Å². The van der Waals surface area contributed by atoms with Gasteiger partial charge in [-0.05, 0) is 25.0 Å². The molecule has 1 aromatic carbocycles. The van der Waals surface area contributed by atoms with Gasteiger partial charge in [-0.1, -0.05) is 36.8 Å². The lowest BCUT2D eigenvalue weighted by Crippen LogP contribution is -2.13. The molecule has 0 aliphatic heterocycles. The van der Waals surface area contributed by atoms with Gasteiger partial charge >= 0.3 is 0 Å². The Hall–Kier alpha value is -1.88. The van der Waals surface area contributed by atoms with Gasteiger partial charge in [-0.15, -0.1) is 22.0 Å². The van der Waals surface area contributed by atoms with Crippen LogP contribution in [0.1, 0.15) is 19.3 Å². The molecule has 4 nitrogen and oxygen atoms in total. The summed E-state index contributed by atoms with van der Waals surface area (Å²) in [6, 6.07) is 14.1. The minimum Gasteiger partial charge on any atom is -0.192 e. The summed E-state index contributed by atoms with van der Waals surface area (Å²) in [4.78, 5) is 0. The monoisotopic (exact) mass is 282 g/mol. The molecule has 2 aromatic heterocycles. The molecule has 3 aromatic rings. The van der Waals surface area contributed by atoms with Crippen LogP contribution in [0.5, 0.6) is 0 Å². The van der Waals surface area contributed by atoms with Gasteiger partial charge in [0.25, 0.3) is 0 Å². The molecular weight excluding hydrogens is 268 g/mol. The average molecular weight is 282 g/mol. The molecule has 0 radical (unpaired) electrons. The van der Waals surface area contributed by atoms with Crippen molar-refractivity contribution in [2.24, 2.45) is 0 Å². The summed E-state index contributed by atoms with van der Waals surface area (Å²) >= 11 is 1.87. The van der Waals surface area contributed by atoms with Crippen LogP contribution in [0.15, 0.2) is 47.5 Å². The maximum atomic E-state index is 4.69. The van der Waals surface area contributed by atoms with Gasteiger partial charge in [0.15, 0.2) is 11.5 Å². The zero-order valence-electron chi connectivity index (χ0n) is 10.9. The van der Waals surface area contributed by atoms with Crippen molar-refractivity contribution in [3.05, 3.63) is 42.5 Å². The summed E-state index contributed by atoms with van der Waals surface area (Å²) in [6.07, 6.45) is 3.96. The van der Waals surface area contributed by atoms with Gasteiger partial charge < -0.3 is 0 Å². The predicted octanol–water partition coefficient (Wildman–Crippen LogP) is 3.44. The molecule has 0 bridgehead atoms. The zero-order valence-corrected chi connectivity index (χ0v) is 11.8. The molecular formula is C15H14N4S. The van der Waals surface area contributed by atoms with Crippen molar-refractivity contribution in [3.63, 3.8) is 0 Å². The SMILES string of the molecule is c1ccc(-c2nnc3ccc(SC4CCC4)nn23)cc1. The van der Waals surface area contributed by atoms with Gasteiger partial charge in [0, 0.05) is 10.8 Å². The summed E-state index contributed by atoms with van der Waals surface area (Å²) in [7, 11) is 0. The number of benzene rings is 1. The Bertz CT molecular complexity index is 734. The van der Waals surface area contributed by atoms with Crippen molar-refractivity contribution in [2.75, 3.05) is 0 Å². The first-order valence-electron chi connectivity index (χ1n) is 6.85. The summed E-state index contributed by atoms with van der Waals surface area (Å²) in [5.41, 5.74) is 1.83. The molecule has 1 saturated carbocycles. The van der Waals surface area contributed by atoms with Crippen molar-refractivity contribution in [1.82, 2.24) is 19.8 Å². The lowest BCUT2D eigenvalue weighted by atomic mass is 10.0. The fraction of sp³-hybridized carbons (Fsp3) is 0.267. The topological polar surface area (TPSA) is 43.1 Å². The number of thioether (sulfide) groups is 1. The molecule has 0 atom stereocenters. The average Bonchev–Trinajstić information content (AvgIpc) is 2.87. The molecule has 1 aliphatic carbocycles. The van der Waals surface area contributed by atoms with Crippen LogP contribution in [0.25, 0.3) is 17.0 Å². The Kier molecular flexibility index (Phi) is 2.92. The molecule has 100 valence electrons. The van der Waals surface area contributed by atoms with Crippen molar-refractivity contribution in [3.8, 4) is 11.4 Å². The number of fused-ring (bicyclic) bond motifs is 1. The molecule has 5 heteroatoms. The predicted molar refractivity (Wildman–Crippen MR) is 79.7 cm³/mol. The second-order valence-electron chi connectivity index (χ2n) is 5.00. The summed E-state index contributed by atoms with van der Waals surface area (Å²) in [5.74, 6) is 0.802. The first-order chi connectivity index (χ1) is 9.90. The first-order valence-corrected chi connectivity index (χ1v) is 7.73. The largest absolute Gasteiger partial charge is 0.192 e. The highest BCUT2D eigenvalue weighted by molar-refractivity contribution is 7.99. The second kappa shape index (κ2) is 4.90. The van der Waals surface area contributed by atoms with E-state index in [0.29, 0.717) is 0 Å². The minimum atomic E-state index is 0.733. The van der Waals surface area contributed by atoms with E-state index in [1.54, 1.807) is 0 Å². The molecule has 0 spiro atoms. The van der Waals surface area contributed by atoms with E-state index in [-0.39, 0.29) is 0 Å². The number of rotatable bonds is 3. The maximum absolute atomic E-state index is 4.69. The molecule has 4 rings (SSSR count). The standard InChI is InChI=1S/C15H14N4S/c1-2-5-11(6-3-1)15-17-16-13-9-10-14(18-19(13)15)20-12-7-4-8-12/h1-3,5-6,9-10,12H,4,7-8H2. The van der Waals surface area contributed by atoms with E-state index in [0.717, 1.165) is 27.3 Å². The van der Waals surface area contributed by atoms with Crippen molar-refractivity contribution in [2.45, 2.75) is 29.5 Å². The van der Waals surface area contributed by atoms with Crippen LogP contribution in [-0.4, -0.2) is 25.1 Å². The van der Waals surface area contributed by atoms with E-state index in [1.807, 2.05) is 58.7 Å². The highest BCUT2D eigenvalue weighted by Crippen LogP contribution is 2.35. The van der Waals surface area contributed by atoms with Crippen molar-refractivity contribution in [1.29, 1.82) is 0 Å². The second-order valence-corrected chi connectivity index (χ2v) is 6.32. The van der Waals surface area contributed by atoms with Gasteiger partial charge in [-0.3, -0.25) is 0 Å². The van der Waals surface area contributed by atoms with Crippen LogP contribution in [0.3, 0.4) is 0 Å². The van der Waals surface area contributed by atoms with E-state index in [1.165, 1.54) is 19.3 Å².